The van der Waals surface area contributed by atoms with Gasteiger partial charge in [-0.2, -0.15) is 0 Å². The summed E-state index contributed by atoms with van der Waals surface area (Å²) in [4.78, 5) is 9.98. The van der Waals surface area contributed by atoms with Gasteiger partial charge in [-0.3, -0.25) is 0 Å². The van der Waals surface area contributed by atoms with E-state index >= 15 is 0 Å². The number of hydrogen-bond donors (Lipinski definition) is 0. The topological polar surface area (TPSA) is 40.1 Å². The quantitative estimate of drug-likeness (QED) is 0.460. The van der Waals surface area contributed by atoms with Gasteiger partial charge < -0.3 is 9.90 Å². The Morgan fingerprint density at radius 3 is 2.75 bits per heavy atom. The summed E-state index contributed by atoms with van der Waals surface area (Å²) in [6.07, 6.45) is 5.56. The van der Waals surface area contributed by atoms with Gasteiger partial charge in [0.1, 0.15) is 0 Å². The van der Waals surface area contributed by atoms with Gasteiger partial charge in [0.25, 0.3) is 0 Å². The van der Waals surface area contributed by atoms with Crippen LogP contribution in [-0.4, -0.2) is 5.97 Å². The highest BCUT2D eigenvalue weighted by atomic mass is 16.4. The molecule has 0 aromatic carbocycles. The molecule has 0 spiro atoms. The maximum atomic E-state index is 9.98. The minimum atomic E-state index is -1.06. The van der Waals surface area contributed by atoms with Crippen LogP contribution in [-0.2, 0) is 4.79 Å². The lowest BCUT2D eigenvalue weighted by molar-refractivity contribution is -0.299. The molecule has 2 nitrogen and oxygen atoms in total. The minimum Gasteiger partial charge on any atom is -0.545 e. The highest BCUT2D eigenvalue weighted by Crippen LogP contribution is 2.07. The van der Waals surface area contributed by atoms with Crippen LogP contribution in [0.3, 0.4) is 0 Å². The zero-order chi connectivity index (χ0) is 5.98. The highest BCUT2D eigenvalue weighted by Gasteiger charge is 1.96. The first-order valence-corrected chi connectivity index (χ1v) is 2.38. The Kier molecular flexibility index (Phi) is 1.16. The molecule has 0 bridgehead atoms. The Balaban J connectivity index is 2.64. The summed E-state index contributed by atoms with van der Waals surface area (Å²) in [5.74, 6) is -1.06. The molecule has 0 heterocycles. The van der Waals surface area contributed by atoms with Crippen LogP contribution in [0.1, 0.15) is 6.42 Å². The van der Waals surface area contributed by atoms with E-state index in [1.807, 2.05) is 0 Å². The molecule has 0 N–H and O–H groups in total. The van der Waals surface area contributed by atoms with E-state index in [0.29, 0.717) is 12.0 Å². The molecule has 0 aromatic heterocycles. The third kappa shape index (κ3) is 0.780. The molecule has 0 atom stereocenters. The monoisotopic (exact) mass is 109 g/mol. The summed E-state index contributed by atoms with van der Waals surface area (Å²) in [5, 5.41) is 9.98. The molecular formula is C6H5O2-. The van der Waals surface area contributed by atoms with Crippen LogP contribution in [0.15, 0.2) is 23.8 Å². The molecule has 0 radical (unpaired) electrons. The number of rotatable bonds is 1. The van der Waals surface area contributed by atoms with Crippen molar-refractivity contribution in [2.45, 2.75) is 6.42 Å². The molecule has 0 fully saturated rings. The Morgan fingerprint density at radius 1 is 1.75 bits per heavy atom. The van der Waals surface area contributed by atoms with Crippen molar-refractivity contribution < 1.29 is 9.90 Å². The Bertz CT molecular complexity index is 165. The summed E-state index contributed by atoms with van der Waals surface area (Å²) in [6.45, 7) is 0. The van der Waals surface area contributed by atoms with Crippen molar-refractivity contribution in [2.24, 2.45) is 0 Å². The van der Waals surface area contributed by atoms with Crippen molar-refractivity contribution in [1.82, 2.24) is 0 Å². The predicted molar refractivity (Wildman–Crippen MR) is 26.8 cm³/mol. The second-order valence-electron chi connectivity index (χ2n) is 1.61. The molecule has 1 rings (SSSR count). The third-order valence-electron chi connectivity index (χ3n) is 1.03. The lowest BCUT2D eigenvalue weighted by Crippen LogP contribution is -2.23. The number of carbonyl (C=O) groups excluding carboxylic acids is 1. The number of aliphatic carboxylic acids is 1. The maximum Gasteiger partial charge on any atom is 0.0678 e. The minimum absolute atomic E-state index is 0.366. The summed E-state index contributed by atoms with van der Waals surface area (Å²) in [5.41, 5.74) is 0.366. The molecule has 0 amide bonds. The maximum absolute atomic E-state index is 9.98. The molecule has 2 heteroatoms. The Morgan fingerprint density at radius 2 is 2.50 bits per heavy atom. The van der Waals surface area contributed by atoms with Crippen molar-refractivity contribution in [3.05, 3.63) is 23.8 Å². The largest absolute Gasteiger partial charge is 0.545 e. The fraction of sp³-hybridized carbons (Fsp3) is 0.167. The summed E-state index contributed by atoms with van der Waals surface area (Å²) in [6, 6.07) is 0. The van der Waals surface area contributed by atoms with Crippen molar-refractivity contribution in [3.8, 4) is 0 Å². The molecule has 0 saturated heterocycles. The van der Waals surface area contributed by atoms with Crippen LogP contribution < -0.4 is 5.11 Å². The molecular weight excluding hydrogens is 104 g/mol. The third-order valence-corrected chi connectivity index (χ3v) is 1.03. The van der Waals surface area contributed by atoms with E-state index in [1.165, 1.54) is 0 Å². The summed E-state index contributed by atoms with van der Waals surface area (Å²) in [7, 11) is 0. The molecule has 0 saturated carbocycles. The molecule has 0 aromatic rings. The summed E-state index contributed by atoms with van der Waals surface area (Å²) >= 11 is 0. The molecule has 42 valence electrons. The van der Waals surface area contributed by atoms with E-state index in [4.69, 9.17) is 0 Å². The first-order valence-electron chi connectivity index (χ1n) is 2.38. The van der Waals surface area contributed by atoms with Gasteiger partial charge in [0, 0.05) is 0 Å². The first kappa shape index (κ1) is 5.09. The Labute approximate surface area is 47.1 Å². The van der Waals surface area contributed by atoms with Gasteiger partial charge in [-0.15, -0.1) is 0 Å². The zero-order valence-corrected chi connectivity index (χ0v) is 4.26. The molecule has 1 aliphatic rings. The van der Waals surface area contributed by atoms with Gasteiger partial charge in [0.05, 0.1) is 5.97 Å². The highest BCUT2D eigenvalue weighted by molar-refractivity contribution is 5.86. The molecule has 0 aliphatic heterocycles. The molecule has 0 unspecified atom stereocenters. The van der Waals surface area contributed by atoms with Crippen LogP contribution in [0.5, 0.6) is 0 Å². The van der Waals surface area contributed by atoms with Crippen LogP contribution in [0.25, 0.3) is 0 Å². The average Bonchev–Trinajstić information content (AvgIpc) is 2.12. The number of carboxylic acids is 1. The van der Waals surface area contributed by atoms with Crippen LogP contribution in [0, 0.1) is 0 Å². The smallest absolute Gasteiger partial charge is 0.0678 e. The van der Waals surface area contributed by atoms with Gasteiger partial charge in [0.15, 0.2) is 0 Å². The number of allylic oxidation sites excluding steroid dienone is 3. The second kappa shape index (κ2) is 1.82. The van der Waals surface area contributed by atoms with E-state index in [1.54, 1.807) is 18.2 Å². The SMILES string of the molecule is O=C([O-])C1=CC=CC1. The molecule has 8 heavy (non-hydrogen) atoms. The summed E-state index contributed by atoms with van der Waals surface area (Å²) < 4.78 is 0. The number of carboxylic acid groups (broad SMARTS) is 1. The lowest BCUT2D eigenvalue weighted by Gasteiger charge is -1.98. The lowest BCUT2D eigenvalue weighted by atomic mass is 10.2. The second-order valence-corrected chi connectivity index (χ2v) is 1.61. The van der Waals surface area contributed by atoms with Crippen molar-refractivity contribution in [2.75, 3.05) is 0 Å². The van der Waals surface area contributed by atoms with Crippen LogP contribution in [0.2, 0.25) is 0 Å². The van der Waals surface area contributed by atoms with E-state index < -0.39 is 5.97 Å². The van der Waals surface area contributed by atoms with E-state index in [9.17, 15) is 9.90 Å². The van der Waals surface area contributed by atoms with E-state index in [0.717, 1.165) is 0 Å². The van der Waals surface area contributed by atoms with Gasteiger partial charge in [-0.25, -0.2) is 0 Å². The zero-order valence-electron chi connectivity index (χ0n) is 4.26. The van der Waals surface area contributed by atoms with Gasteiger partial charge in [0.2, 0.25) is 0 Å². The molecule has 1 aliphatic carbocycles. The van der Waals surface area contributed by atoms with Crippen molar-refractivity contribution in [3.63, 3.8) is 0 Å². The Hall–Kier alpha value is -1.05. The standard InChI is InChI=1S/C6H6O2/c7-6(8)5-3-1-2-4-5/h1-3H,4H2,(H,7,8)/p-1. The fourth-order valence-electron chi connectivity index (χ4n) is 0.599. The predicted octanol–water partition coefficient (Wildman–Crippen LogP) is -0.377. The van der Waals surface area contributed by atoms with E-state index in [-0.39, 0.29) is 0 Å². The van der Waals surface area contributed by atoms with Crippen molar-refractivity contribution in [1.29, 1.82) is 0 Å². The number of hydrogen-bond acceptors (Lipinski definition) is 2. The van der Waals surface area contributed by atoms with E-state index in [2.05, 4.69) is 0 Å². The van der Waals surface area contributed by atoms with Gasteiger partial charge in [-0.1, -0.05) is 18.2 Å². The fourth-order valence-corrected chi connectivity index (χ4v) is 0.599. The van der Waals surface area contributed by atoms with Crippen LogP contribution in [0.4, 0.5) is 0 Å². The average molecular weight is 109 g/mol. The van der Waals surface area contributed by atoms with Crippen LogP contribution >= 0.6 is 0 Å². The van der Waals surface area contributed by atoms with Gasteiger partial charge in [-0.05, 0) is 12.0 Å². The number of carbonyl (C=O) groups is 1. The first-order chi connectivity index (χ1) is 3.80. The normalized spacial score (nSPS) is 16.2. The van der Waals surface area contributed by atoms with Crippen molar-refractivity contribution >= 4 is 5.97 Å². The van der Waals surface area contributed by atoms with Gasteiger partial charge >= 0.3 is 0 Å².